The summed E-state index contributed by atoms with van der Waals surface area (Å²) in [4.78, 5) is 3.64. The Bertz CT molecular complexity index is 327. The Morgan fingerprint density at radius 2 is 2.06 bits per heavy atom. The van der Waals surface area contributed by atoms with Crippen molar-refractivity contribution < 1.29 is 5.11 Å². The molecule has 1 unspecified atom stereocenters. The third-order valence-electron chi connectivity index (χ3n) is 3.07. The van der Waals surface area contributed by atoms with Crippen LogP contribution in [0.15, 0.2) is 11.4 Å². The van der Waals surface area contributed by atoms with Gasteiger partial charge in [-0.1, -0.05) is 20.8 Å². The molecule has 0 amide bonds. The van der Waals surface area contributed by atoms with Crippen molar-refractivity contribution >= 4 is 11.3 Å². The molecule has 92 valence electrons. The van der Waals surface area contributed by atoms with Gasteiger partial charge in [0.1, 0.15) is 0 Å². The fourth-order valence-corrected chi connectivity index (χ4v) is 2.95. The second kappa shape index (κ2) is 5.30. The lowest BCUT2D eigenvalue weighted by molar-refractivity contribution is 0.0619. The molecule has 0 aliphatic carbocycles. The number of rotatable bonds is 4. The Kier molecular flexibility index (Phi) is 4.53. The monoisotopic (exact) mass is 241 g/mol. The lowest BCUT2D eigenvalue weighted by atomic mass is 9.86. The van der Waals surface area contributed by atoms with Crippen molar-refractivity contribution in [1.29, 1.82) is 0 Å². The Balaban J connectivity index is 2.71. The quantitative estimate of drug-likeness (QED) is 0.876. The van der Waals surface area contributed by atoms with Gasteiger partial charge < -0.3 is 5.11 Å². The Morgan fingerprint density at radius 3 is 2.44 bits per heavy atom. The zero-order chi connectivity index (χ0) is 12.3. The van der Waals surface area contributed by atoms with Crippen LogP contribution in [-0.2, 0) is 6.54 Å². The fraction of sp³-hybridized carbons (Fsp3) is 0.692. The minimum Gasteiger partial charge on any atom is -0.395 e. The molecule has 1 aromatic rings. The smallest absolute Gasteiger partial charge is 0.0591 e. The van der Waals surface area contributed by atoms with E-state index in [0.717, 1.165) is 6.54 Å². The summed E-state index contributed by atoms with van der Waals surface area (Å²) < 4.78 is 0. The molecular formula is C13H23NOS. The third kappa shape index (κ3) is 3.30. The van der Waals surface area contributed by atoms with Gasteiger partial charge in [0, 0.05) is 17.5 Å². The van der Waals surface area contributed by atoms with Crippen LogP contribution in [-0.4, -0.2) is 29.7 Å². The van der Waals surface area contributed by atoms with Gasteiger partial charge in [-0.05, 0) is 36.4 Å². The molecule has 0 saturated carbocycles. The van der Waals surface area contributed by atoms with E-state index in [1.54, 1.807) is 11.3 Å². The highest BCUT2D eigenvalue weighted by atomic mass is 32.1. The summed E-state index contributed by atoms with van der Waals surface area (Å²) in [6.07, 6.45) is 0. The molecule has 1 N–H and O–H groups in total. The standard InChI is InChI=1S/C13H23NOS/c1-10-6-7-16-11(10)8-14(5)12(9-15)13(2,3)4/h6-7,12,15H,8-9H2,1-5H3. The molecule has 0 radical (unpaired) electrons. The molecule has 1 heterocycles. The summed E-state index contributed by atoms with van der Waals surface area (Å²) in [5, 5.41) is 11.6. The molecule has 0 saturated heterocycles. The van der Waals surface area contributed by atoms with Crippen LogP contribution in [0.4, 0.5) is 0 Å². The molecule has 0 aliphatic rings. The van der Waals surface area contributed by atoms with Crippen LogP contribution in [0.3, 0.4) is 0 Å². The maximum absolute atomic E-state index is 9.49. The lowest BCUT2D eigenvalue weighted by Gasteiger charge is -2.36. The van der Waals surface area contributed by atoms with Crippen LogP contribution < -0.4 is 0 Å². The Morgan fingerprint density at radius 1 is 1.44 bits per heavy atom. The van der Waals surface area contributed by atoms with Gasteiger partial charge in [-0.3, -0.25) is 4.90 Å². The van der Waals surface area contributed by atoms with Crippen LogP contribution in [0.2, 0.25) is 0 Å². The van der Waals surface area contributed by atoms with Crippen LogP contribution >= 0.6 is 11.3 Å². The van der Waals surface area contributed by atoms with Crippen molar-refractivity contribution in [2.24, 2.45) is 5.41 Å². The maximum atomic E-state index is 9.49. The highest BCUT2D eigenvalue weighted by molar-refractivity contribution is 7.10. The van der Waals surface area contributed by atoms with Gasteiger partial charge in [0.15, 0.2) is 0 Å². The lowest BCUT2D eigenvalue weighted by Crippen LogP contribution is -2.43. The predicted octanol–water partition coefficient (Wildman–Crippen LogP) is 2.90. The zero-order valence-corrected chi connectivity index (χ0v) is 11.8. The second-order valence-electron chi connectivity index (χ2n) is 5.51. The molecule has 0 spiro atoms. The minimum absolute atomic E-state index is 0.106. The number of hydrogen-bond donors (Lipinski definition) is 1. The Hall–Kier alpha value is -0.380. The van der Waals surface area contributed by atoms with Gasteiger partial charge in [-0.2, -0.15) is 0 Å². The summed E-state index contributed by atoms with van der Waals surface area (Å²) in [6, 6.07) is 2.35. The van der Waals surface area contributed by atoms with Crippen LogP contribution in [0.5, 0.6) is 0 Å². The number of aryl methyl sites for hydroxylation is 1. The third-order valence-corrected chi connectivity index (χ3v) is 4.07. The number of aliphatic hydroxyl groups excluding tert-OH is 1. The number of aliphatic hydroxyl groups is 1. The van der Waals surface area contributed by atoms with E-state index in [9.17, 15) is 5.11 Å². The van der Waals surface area contributed by atoms with Crippen molar-refractivity contribution in [3.8, 4) is 0 Å². The van der Waals surface area contributed by atoms with Gasteiger partial charge in [-0.25, -0.2) is 0 Å². The fourth-order valence-electron chi connectivity index (χ4n) is 1.98. The highest BCUT2D eigenvalue weighted by Crippen LogP contribution is 2.26. The predicted molar refractivity (Wildman–Crippen MR) is 70.9 cm³/mol. The normalized spacial score (nSPS) is 14.4. The van der Waals surface area contributed by atoms with Crippen molar-refractivity contribution in [2.75, 3.05) is 13.7 Å². The Labute approximate surface area is 103 Å². The zero-order valence-electron chi connectivity index (χ0n) is 10.9. The molecule has 0 bridgehead atoms. The molecule has 1 rings (SSSR count). The van der Waals surface area contributed by atoms with Crippen LogP contribution in [0, 0.1) is 12.3 Å². The summed E-state index contributed by atoms with van der Waals surface area (Å²) in [6.45, 7) is 9.80. The van der Waals surface area contributed by atoms with Crippen LogP contribution in [0.1, 0.15) is 31.2 Å². The molecule has 16 heavy (non-hydrogen) atoms. The van der Waals surface area contributed by atoms with Gasteiger partial charge in [0.05, 0.1) is 6.61 Å². The second-order valence-corrected chi connectivity index (χ2v) is 6.51. The average Bonchev–Trinajstić information content (AvgIpc) is 2.50. The SMILES string of the molecule is Cc1ccsc1CN(C)C(CO)C(C)(C)C. The largest absolute Gasteiger partial charge is 0.395 e. The molecule has 0 aliphatic heterocycles. The van der Waals surface area contributed by atoms with Gasteiger partial charge in [0.25, 0.3) is 0 Å². The van der Waals surface area contributed by atoms with Crippen molar-refractivity contribution in [2.45, 2.75) is 40.3 Å². The molecule has 0 fully saturated rings. The van der Waals surface area contributed by atoms with Crippen LogP contribution in [0.25, 0.3) is 0 Å². The van der Waals surface area contributed by atoms with E-state index in [1.807, 2.05) is 0 Å². The van der Waals surface area contributed by atoms with Crippen molar-refractivity contribution in [3.63, 3.8) is 0 Å². The number of likely N-dealkylation sites (N-methyl/N-ethyl adjacent to an activating group) is 1. The van der Waals surface area contributed by atoms with E-state index in [4.69, 9.17) is 0 Å². The van der Waals surface area contributed by atoms with E-state index in [0.29, 0.717) is 0 Å². The van der Waals surface area contributed by atoms with Crippen molar-refractivity contribution in [3.05, 3.63) is 21.9 Å². The molecule has 3 heteroatoms. The molecule has 1 aromatic heterocycles. The van der Waals surface area contributed by atoms with E-state index in [1.165, 1.54) is 10.4 Å². The van der Waals surface area contributed by atoms with Gasteiger partial charge in [-0.15, -0.1) is 11.3 Å². The van der Waals surface area contributed by atoms with E-state index in [-0.39, 0.29) is 18.1 Å². The summed E-state index contributed by atoms with van der Waals surface area (Å²) in [5.74, 6) is 0. The topological polar surface area (TPSA) is 23.5 Å². The van der Waals surface area contributed by atoms with Gasteiger partial charge in [0.2, 0.25) is 0 Å². The highest BCUT2D eigenvalue weighted by Gasteiger charge is 2.27. The number of thiophene rings is 1. The first-order valence-corrected chi connectivity index (χ1v) is 6.58. The average molecular weight is 241 g/mol. The minimum atomic E-state index is 0.106. The molecule has 2 nitrogen and oxygen atoms in total. The molecule has 0 aromatic carbocycles. The summed E-state index contributed by atoms with van der Waals surface area (Å²) in [5.41, 5.74) is 1.46. The first kappa shape index (κ1) is 13.7. The molecule has 1 atom stereocenters. The summed E-state index contributed by atoms with van der Waals surface area (Å²) in [7, 11) is 2.09. The van der Waals surface area contributed by atoms with E-state index in [2.05, 4.69) is 51.1 Å². The van der Waals surface area contributed by atoms with Crippen molar-refractivity contribution in [1.82, 2.24) is 4.90 Å². The molecular weight excluding hydrogens is 218 g/mol. The first-order chi connectivity index (χ1) is 7.36. The first-order valence-electron chi connectivity index (χ1n) is 5.70. The summed E-state index contributed by atoms with van der Waals surface area (Å²) >= 11 is 1.79. The van der Waals surface area contributed by atoms with E-state index >= 15 is 0 Å². The van der Waals surface area contributed by atoms with E-state index < -0.39 is 0 Å². The maximum Gasteiger partial charge on any atom is 0.0591 e. The number of nitrogens with zero attached hydrogens (tertiary/aromatic N) is 1. The number of hydrogen-bond acceptors (Lipinski definition) is 3. The van der Waals surface area contributed by atoms with Gasteiger partial charge >= 0.3 is 0 Å².